The van der Waals surface area contributed by atoms with Gasteiger partial charge in [0, 0.05) is 19.3 Å². The van der Waals surface area contributed by atoms with E-state index in [0.29, 0.717) is 46.7 Å². The highest BCUT2D eigenvalue weighted by Gasteiger charge is 2.42. The molecule has 0 aromatic heterocycles. The van der Waals surface area contributed by atoms with Crippen LogP contribution in [0.25, 0.3) is 0 Å². The highest BCUT2D eigenvalue weighted by atomic mass is 32.2. The van der Waals surface area contributed by atoms with Gasteiger partial charge in [-0.05, 0) is 31.0 Å². The van der Waals surface area contributed by atoms with E-state index >= 15 is 0 Å². The Morgan fingerprint density at radius 2 is 2.03 bits per heavy atom. The Balaban J connectivity index is 2.01. The highest BCUT2D eigenvalue weighted by Crippen LogP contribution is 2.42. The molecule has 0 N–H and O–H groups in total. The molecule has 1 atom stereocenters. The number of fused-ring (bicyclic) bond motifs is 1. The lowest BCUT2D eigenvalue weighted by atomic mass is 9.94. The van der Waals surface area contributed by atoms with E-state index in [1.807, 2.05) is 18.2 Å². The van der Waals surface area contributed by atoms with E-state index < -0.39 is 12.0 Å². The molecule has 9 heteroatoms. The summed E-state index contributed by atoms with van der Waals surface area (Å²) in [5, 5.41) is 0.597. The van der Waals surface area contributed by atoms with Crippen molar-refractivity contribution in [3.8, 4) is 11.5 Å². The second-order valence-corrected chi connectivity index (χ2v) is 8.46. The number of hydrogen-bond donors (Lipinski definition) is 0. The van der Waals surface area contributed by atoms with E-state index in [9.17, 15) is 9.59 Å². The van der Waals surface area contributed by atoms with E-state index in [-0.39, 0.29) is 19.1 Å². The number of unbranched alkanes of at least 4 members (excludes halogenated alkanes) is 1. The highest BCUT2D eigenvalue weighted by molar-refractivity contribution is 8.14. The Kier molecular flexibility index (Phi) is 8.58. The molecular formula is C23H30N2O6S. The smallest absolute Gasteiger partial charge is 0.338 e. The van der Waals surface area contributed by atoms with Crippen molar-refractivity contribution in [3.05, 3.63) is 35.0 Å². The van der Waals surface area contributed by atoms with E-state index in [1.165, 1.54) is 11.8 Å². The number of aliphatic imine (C=N–C) groups is 1. The lowest BCUT2D eigenvalue weighted by Crippen LogP contribution is -2.45. The van der Waals surface area contributed by atoms with Crippen molar-refractivity contribution in [1.82, 2.24) is 4.90 Å². The number of carbonyl (C=O) groups is 2. The first-order valence-electron chi connectivity index (χ1n) is 10.7. The van der Waals surface area contributed by atoms with Gasteiger partial charge in [0.15, 0.2) is 16.7 Å². The van der Waals surface area contributed by atoms with Crippen molar-refractivity contribution in [3.63, 3.8) is 0 Å². The molecule has 0 radical (unpaired) electrons. The third kappa shape index (κ3) is 5.27. The molecule has 1 aromatic rings. The first-order chi connectivity index (χ1) is 15.5. The first kappa shape index (κ1) is 24.1. The molecule has 2 aliphatic rings. The van der Waals surface area contributed by atoms with Crippen LogP contribution in [0.1, 0.15) is 44.7 Å². The molecule has 1 aromatic carbocycles. The van der Waals surface area contributed by atoms with E-state index in [1.54, 1.807) is 26.0 Å². The number of nitrogens with zero attached hydrogens (tertiary/aromatic N) is 2. The molecule has 8 nitrogen and oxygen atoms in total. The monoisotopic (exact) mass is 462 g/mol. The van der Waals surface area contributed by atoms with E-state index in [4.69, 9.17) is 18.9 Å². The van der Waals surface area contributed by atoms with Crippen LogP contribution in [-0.2, 0) is 19.1 Å². The predicted octanol–water partition coefficient (Wildman–Crippen LogP) is 3.71. The zero-order valence-corrected chi connectivity index (χ0v) is 19.8. The minimum absolute atomic E-state index is 0.0792. The number of thioether (sulfide) groups is 1. The minimum atomic E-state index is -0.656. The number of amidine groups is 1. The number of carbonyl (C=O) groups excluding carboxylic acids is 2. The average Bonchev–Trinajstić information content (AvgIpc) is 2.78. The van der Waals surface area contributed by atoms with Crippen LogP contribution in [0.2, 0.25) is 0 Å². The van der Waals surface area contributed by atoms with Crippen LogP contribution < -0.4 is 9.47 Å². The summed E-state index contributed by atoms with van der Waals surface area (Å²) in [6, 6.07) is 4.84. The molecule has 1 fully saturated rings. The number of esters is 1. The van der Waals surface area contributed by atoms with Gasteiger partial charge in [-0.2, -0.15) is 0 Å². The number of benzene rings is 1. The molecule has 0 spiro atoms. The van der Waals surface area contributed by atoms with Gasteiger partial charge in [0.25, 0.3) is 0 Å². The molecule has 3 rings (SSSR count). The zero-order valence-electron chi connectivity index (χ0n) is 19.0. The molecule has 0 saturated carbocycles. The normalized spacial score (nSPS) is 18.2. The summed E-state index contributed by atoms with van der Waals surface area (Å²) in [5.74, 6) is 1.24. The third-order valence-corrected chi connectivity index (χ3v) is 6.16. The van der Waals surface area contributed by atoms with Crippen LogP contribution in [-0.4, -0.2) is 61.7 Å². The quantitative estimate of drug-likeness (QED) is 0.387. The molecule has 0 aliphatic carbocycles. The molecular weight excluding hydrogens is 432 g/mol. The summed E-state index contributed by atoms with van der Waals surface area (Å²) in [6.45, 7) is 4.85. The molecule has 0 bridgehead atoms. The van der Waals surface area contributed by atoms with Crippen LogP contribution in [0.15, 0.2) is 34.5 Å². The number of amides is 1. The van der Waals surface area contributed by atoms with E-state index in [2.05, 4.69) is 11.9 Å². The molecule has 2 aliphatic heterocycles. The zero-order chi connectivity index (χ0) is 23.1. The van der Waals surface area contributed by atoms with Gasteiger partial charge in [-0.1, -0.05) is 31.2 Å². The number of ether oxygens (including phenoxy) is 4. The molecule has 2 heterocycles. The summed E-state index contributed by atoms with van der Waals surface area (Å²) in [5.41, 5.74) is 1.60. The predicted molar refractivity (Wildman–Crippen MR) is 123 cm³/mol. The van der Waals surface area contributed by atoms with Crippen LogP contribution in [0.4, 0.5) is 0 Å². The van der Waals surface area contributed by atoms with Gasteiger partial charge in [0.2, 0.25) is 5.91 Å². The maximum absolute atomic E-state index is 13.0. The van der Waals surface area contributed by atoms with Gasteiger partial charge in [-0.3, -0.25) is 9.69 Å². The van der Waals surface area contributed by atoms with Crippen LogP contribution in [0, 0.1) is 0 Å². The second-order valence-electron chi connectivity index (χ2n) is 7.40. The maximum Gasteiger partial charge on any atom is 0.338 e. The molecule has 1 saturated heterocycles. The Morgan fingerprint density at radius 1 is 1.22 bits per heavy atom. The molecule has 1 unspecified atom stereocenters. The van der Waals surface area contributed by atoms with Gasteiger partial charge < -0.3 is 18.9 Å². The van der Waals surface area contributed by atoms with Crippen LogP contribution in [0.3, 0.4) is 0 Å². The third-order valence-electron chi connectivity index (χ3n) is 5.21. The van der Waals surface area contributed by atoms with Crippen molar-refractivity contribution in [2.75, 3.05) is 39.8 Å². The fourth-order valence-electron chi connectivity index (χ4n) is 3.57. The molecule has 174 valence electrons. The van der Waals surface area contributed by atoms with Crippen molar-refractivity contribution >= 4 is 28.8 Å². The van der Waals surface area contributed by atoms with Crippen molar-refractivity contribution in [2.24, 2.45) is 4.99 Å². The molecule has 32 heavy (non-hydrogen) atoms. The van der Waals surface area contributed by atoms with Crippen LogP contribution in [0.5, 0.6) is 11.5 Å². The topological polar surface area (TPSA) is 86.7 Å². The van der Waals surface area contributed by atoms with Gasteiger partial charge in [-0.15, -0.1) is 0 Å². The first-order valence-corrected chi connectivity index (χ1v) is 11.7. The largest absolute Gasteiger partial charge is 0.493 e. The number of methoxy groups -OCH3 is 2. The summed E-state index contributed by atoms with van der Waals surface area (Å²) in [6.07, 6.45) is 2.34. The second kappa shape index (κ2) is 11.4. The average molecular weight is 463 g/mol. The van der Waals surface area contributed by atoms with Gasteiger partial charge in [0.1, 0.15) is 6.61 Å². The Hall–Kier alpha value is -2.52. The Labute approximate surface area is 192 Å². The summed E-state index contributed by atoms with van der Waals surface area (Å²) in [7, 11) is 3.11. The fourth-order valence-corrected chi connectivity index (χ4v) is 4.58. The van der Waals surface area contributed by atoms with Gasteiger partial charge >= 0.3 is 5.97 Å². The van der Waals surface area contributed by atoms with Crippen molar-refractivity contribution in [1.29, 1.82) is 0 Å². The number of allylic oxidation sites excluding steroid dienone is 1. The van der Waals surface area contributed by atoms with Crippen LogP contribution >= 0.6 is 11.8 Å². The van der Waals surface area contributed by atoms with Gasteiger partial charge in [0.05, 0.1) is 37.6 Å². The van der Waals surface area contributed by atoms with Gasteiger partial charge in [-0.25, -0.2) is 9.79 Å². The summed E-state index contributed by atoms with van der Waals surface area (Å²) < 4.78 is 21.8. The summed E-state index contributed by atoms with van der Waals surface area (Å²) >= 11 is 1.51. The summed E-state index contributed by atoms with van der Waals surface area (Å²) in [4.78, 5) is 32.1. The Bertz CT molecular complexity index is 914. The minimum Gasteiger partial charge on any atom is -0.493 e. The molecule has 1 amide bonds. The fraction of sp³-hybridized carbons (Fsp3) is 0.522. The van der Waals surface area contributed by atoms with Crippen molar-refractivity contribution in [2.45, 2.75) is 39.2 Å². The Morgan fingerprint density at radius 3 is 2.75 bits per heavy atom. The van der Waals surface area contributed by atoms with Crippen molar-refractivity contribution < 1.29 is 28.5 Å². The van der Waals surface area contributed by atoms with E-state index in [0.717, 1.165) is 18.4 Å². The SMILES string of the molecule is CCCCOc1ccc(C2C(C(=O)OCCOC)=C(C)N=C3SCCC(=O)N32)cc1OC. The number of hydrogen-bond acceptors (Lipinski definition) is 8. The standard InChI is InChI=1S/C23H30N2O6S/c1-5-6-10-30-17-8-7-16(14-18(17)29-4)21-20(22(27)31-12-11-28-3)15(2)24-23-25(21)19(26)9-13-32-23/h7-8,14,21H,5-6,9-13H2,1-4H3. The maximum atomic E-state index is 13.0. The number of rotatable bonds is 10. The lowest BCUT2D eigenvalue weighted by Gasteiger charge is -2.39. The lowest BCUT2D eigenvalue weighted by molar-refractivity contribution is -0.141.